The average Bonchev–Trinajstić information content (AvgIpc) is 3.45. The molecule has 0 bridgehead atoms. The minimum absolute atomic E-state index is 0.187. The van der Waals surface area contributed by atoms with E-state index in [1.54, 1.807) is 16.8 Å². The number of fused-ring (bicyclic) bond motifs is 1. The molecule has 2 heterocycles. The zero-order valence-electron chi connectivity index (χ0n) is 22.4. The summed E-state index contributed by atoms with van der Waals surface area (Å²) in [5.41, 5.74) is 5.66. The third-order valence-electron chi connectivity index (χ3n) is 6.79. The number of hydrogen-bond acceptors (Lipinski definition) is 4. The van der Waals surface area contributed by atoms with Gasteiger partial charge in [0.1, 0.15) is 0 Å². The van der Waals surface area contributed by atoms with Crippen LogP contribution in [0.4, 0.5) is 4.39 Å². The SMILES string of the molecule is CCOc1ccc(-c2nn(-c3ccccc3)cc2CNC(=O)c2cc(-c3ccccc3)nc3ccccc23)cc1F. The van der Waals surface area contributed by atoms with Gasteiger partial charge in [-0.15, -0.1) is 0 Å². The average molecular weight is 543 g/mol. The highest BCUT2D eigenvalue weighted by Gasteiger charge is 2.18. The third-order valence-corrected chi connectivity index (χ3v) is 6.79. The molecular weight excluding hydrogens is 515 g/mol. The first kappa shape index (κ1) is 26.0. The number of carbonyl (C=O) groups excluding carboxylic acids is 1. The summed E-state index contributed by atoms with van der Waals surface area (Å²) in [6.07, 6.45) is 1.86. The van der Waals surface area contributed by atoms with Crippen LogP contribution in [0.3, 0.4) is 0 Å². The lowest BCUT2D eigenvalue weighted by Gasteiger charge is -2.11. The molecule has 6 aromatic rings. The largest absolute Gasteiger partial charge is 0.491 e. The number of ether oxygens (including phenoxy) is 1. The van der Waals surface area contributed by atoms with Gasteiger partial charge in [0.25, 0.3) is 5.91 Å². The summed E-state index contributed by atoms with van der Waals surface area (Å²) in [4.78, 5) is 18.5. The van der Waals surface area contributed by atoms with Crippen LogP contribution in [0.15, 0.2) is 115 Å². The molecule has 6 rings (SSSR count). The number of hydrogen-bond donors (Lipinski definition) is 1. The van der Waals surface area contributed by atoms with Crippen LogP contribution in [0.5, 0.6) is 5.75 Å². The molecule has 0 spiro atoms. The molecule has 1 N–H and O–H groups in total. The smallest absolute Gasteiger partial charge is 0.252 e. The van der Waals surface area contributed by atoms with Crippen LogP contribution in [-0.4, -0.2) is 27.3 Å². The number of amides is 1. The molecule has 0 aliphatic heterocycles. The Morgan fingerprint density at radius 2 is 1.61 bits per heavy atom. The standard InChI is InChI=1S/C34H27FN4O2/c1-2-41-32-18-17-24(19-29(32)35)33-25(22-39(38-33)26-13-7-4-8-14-26)21-36-34(40)28-20-31(23-11-5-3-6-12-23)37-30-16-10-9-15-27(28)30/h3-20,22H,2,21H2,1H3,(H,36,40). The Bertz CT molecular complexity index is 1840. The second-order valence-corrected chi connectivity index (χ2v) is 9.48. The summed E-state index contributed by atoms with van der Waals surface area (Å²) in [7, 11) is 0. The highest BCUT2D eigenvalue weighted by molar-refractivity contribution is 6.07. The number of pyridine rings is 1. The molecule has 202 valence electrons. The summed E-state index contributed by atoms with van der Waals surface area (Å²) in [5, 5.41) is 8.60. The highest BCUT2D eigenvalue weighted by Crippen LogP contribution is 2.29. The van der Waals surface area contributed by atoms with E-state index in [0.717, 1.165) is 33.4 Å². The quantitative estimate of drug-likeness (QED) is 0.220. The zero-order valence-corrected chi connectivity index (χ0v) is 22.4. The van der Waals surface area contributed by atoms with E-state index < -0.39 is 5.82 Å². The lowest BCUT2D eigenvalue weighted by molar-refractivity contribution is 0.0952. The minimum Gasteiger partial charge on any atom is -0.491 e. The Hall–Kier alpha value is -5.30. The summed E-state index contributed by atoms with van der Waals surface area (Å²) in [6.45, 7) is 2.36. The van der Waals surface area contributed by atoms with Gasteiger partial charge in [-0.25, -0.2) is 14.1 Å². The summed E-state index contributed by atoms with van der Waals surface area (Å²) >= 11 is 0. The van der Waals surface area contributed by atoms with Gasteiger partial charge in [0.05, 0.1) is 34.8 Å². The molecule has 0 aliphatic rings. The molecule has 0 aliphatic carbocycles. The fourth-order valence-electron chi connectivity index (χ4n) is 4.81. The second kappa shape index (κ2) is 11.4. The maximum Gasteiger partial charge on any atom is 0.252 e. The van der Waals surface area contributed by atoms with Crippen molar-refractivity contribution < 1.29 is 13.9 Å². The maximum atomic E-state index is 14.8. The first-order valence-electron chi connectivity index (χ1n) is 13.4. The molecule has 0 saturated heterocycles. The Morgan fingerprint density at radius 3 is 2.37 bits per heavy atom. The lowest BCUT2D eigenvalue weighted by Crippen LogP contribution is -2.23. The first-order valence-corrected chi connectivity index (χ1v) is 13.4. The number of nitrogens with zero attached hydrogens (tertiary/aromatic N) is 3. The lowest BCUT2D eigenvalue weighted by atomic mass is 10.0. The van der Waals surface area contributed by atoms with Gasteiger partial charge < -0.3 is 10.1 Å². The van der Waals surface area contributed by atoms with Crippen molar-refractivity contribution in [3.05, 3.63) is 132 Å². The Kier molecular flexibility index (Phi) is 7.24. The molecule has 4 aromatic carbocycles. The van der Waals surface area contributed by atoms with Crippen LogP contribution in [-0.2, 0) is 6.54 Å². The van der Waals surface area contributed by atoms with Crippen LogP contribution < -0.4 is 10.1 Å². The van der Waals surface area contributed by atoms with Crippen LogP contribution >= 0.6 is 0 Å². The monoisotopic (exact) mass is 542 g/mol. The first-order chi connectivity index (χ1) is 20.1. The van der Waals surface area contributed by atoms with Crippen LogP contribution in [0.1, 0.15) is 22.8 Å². The van der Waals surface area contributed by atoms with E-state index in [0.29, 0.717) is 23.4 Å². The third kappa shape index (κ3) is 5.43. The molecular formula is C34H27FN4O2. The maximum absolute atomic E-state index is 14.8. The van der Waals surface area contributed by atoms with Gasteiger partial charge in [-0.1, -0.05) is 66.7 Å². The summed E-state index contributed by atoms with van der Waals surface area (Å²) in [5.74, 6) is -0.519. The molecule has 0 fully saturated rings. The molecule has 0 atom stereocenters. The summed E-state index contributed by atoms with van der Waals surface area (Å²) < 4.78 is 21.9. The minimum atomic E-state index is -0.467. The number of halogens is 1. The van der Waals surface area contributed by atoms with Crippen molar-refractivity contribution in [2.45, 2.75) is 13.5 Å². The molecule has 0 saturated carbocycles. The highest BCUT2D eigenvalue weighted by atomic mass is 19.1. The number of aromatic nitrogens is 3. The van der Waals surface area contributed by atoms with E-state index in [1.165, 1.54) is 6.07 Å². The second-order valence-electron chi connectivity index (χ2n) is 9.48. The Morgan fingerprint density at radius 1 is 0.878 bits per heavy atom. The van der Waals surface area contributed by atoms with E-state index in [9.17, 15) is 9.18 Å². The van der Waals surface area contributed by atoms with Crippen molar-refractivity contribution in [2.24, 2.45) is 0 Å². The van der Waals surface area contributed by atoms with Crippen molar-refractivity contribution in [1.29, 1.82) is 0 Å². The molecule has 2 aromatic heterocycles. The predicted octanol–water partition coefficient (Wildman–Crippen LogP) is 7.22. The predicted molar refractivity (Wildman–Crippen MR) is 158 cm³/mol. The van der Waals surface area contributed by atoms with E-state index >= 15 is 0 Å². The van der Waals surface area contributed by atoms with Gasteiger partial charge in [-0.2, -0.15) is 5.10 Å². The Balaban J connectivity index is 1.35. The van der Waals surface area contributed by atoms with E-state index in [1.807, 2.05) is 104 Å². The zero-order chi connectivity index (χ0) is 28.2. The van der Waals surface area contributed by atoms with E-state index in [4.69, 9.17) is 14.8 Å². The van der Waals surface area contributed by atoms with Gasteiger partial charge in [0.15, 0.2) is 11.6 Å². The van der Waals surface area contributed by atoms with Gasteiger partial charge in [-0.05, 0) is 49.4 Å². The van der Waals surface area contributed by atoms with Crippen LogP contribution in [0.2, 0.25) is 0 Å². The molecule has 0 unspecified atom stereocenters. The van der Waals surface area contributed by atoms with E-state index in [-0.39, 0.29) is 18.2 Å². The fraction of sp³-hybridized carbons (Fsp3) is 0.0882. The summed E-state index contributed by atoms with van der Waals surface area (Å²) in [6, 6.07) is 33.7. The Labute approximate surface area is 237 Å². The number of para-hydroxylation sites is 2. The molecule has 6 nitrogen and oxygen atoms in total. The van der Waals surface area contributed by atoms with Crippen molar-refractivity contribution in [2.75, 3.05) is 6.61 Å². The van der Waals surface area contributed by atoms with Crippen molar-refractivity contribution in [3.63, 3.8) is 0 Å². The number of benzene rings is 4. The topological polar surface area (TPSA) is 69.0 Å². The van der Waals surface area contributed by atoms with Gasteiger partial charge in [0.2, 0.25) is 0 Å². The fourth-order valence-corrected chi connectivity index (χ4v) is 4.81. The normalized spacial score (nSPS) is 11.0. The van der Waals surface area contributed by atoms with Crippen molar-refractivity contribution in [3.8, 4) is 34.0 Å². The van der Waals surface area contributed by atoms with Crippen molar-refractivity contribution in [1.82, 2.24) is 20.1 Å². The van der Waals surface area contributed by atoms with Gasteiger partial charge in [-0.3, -0.25) is 4.79 Å². The molecule has 1 amide bonds. The number of nitrogens with one attached hydrogen (secondary N) is 1. The molecule has 41 heavy (non-hydrogen) atoms. The number of carbonyl (C=O) groups is 1. The van der Waals surface area contributed by atoms with Gasteiger partial charge >= 0.3 is 0 Å². The number of rotatable bonds is 8. The van der Waals surface area contributed by atoms with Crippen molar-refractivity contribution >= 4 is 16.8 Å². The van der Waals surface area contributed by atoms with Gasteiger partial charge in [0, 0.05) is 34.8 Å². The van der Waals surface area contributed by atoms with E-state index in [2.05, 4.69) is 5.32 Å². The molecule has 7 heteroatoms. The molecule has 0 radical (unpaired) electrons. The van der Waals surface area contributed by atoms with Crippen LogP contribution in [0.25, 0.3) is 39.1 Å². The van der Waals surface area contributed by atoms with Crippen LogP contribution in [0, 0.1) is 5.82 Å².